The number of nitrogens with one attached hydrogen (secondary N) is 1. The molecule has 0 bridgehead atoms. The molecule has 9 nitrogen and oxygen atoms in total. The van der Waals surface area contributed by atoms with Crippen LogP contribution in [0.5, 0.6) is 11.5 Å². The Kier molecular flexibility index (Phi) is 7.00. The summed E-state index contributed by atoms with van der Waals surface area (Å²) in [6, 6.07) is 12.3. The Morgan fingerprint density at radius 1 is 1.16 bits per heavy atom. The van der Waals surface area contributed by atoms with E-state index in [9.17, 15) is 27.5 Å². The number of aliphatic hydroxyl groups is 1. The highest BCUT2D eigenvalue weighted by Crippen LogP contribution is 2.48. The number of carbonyl (C=O) groups excluding carboxylic acids is 1. The molecule has 13 heteroatoms. The van der Waals surface area contributed by atoms with Crippen molar-refractivity contribution in [1.82, 2.24) is 24.8 Å². The highest BCUT2D eigenvalue weighted by Gasteiger charge is 2.57. The smallest absolute Gasteiger partial charge is 0.424 e. The van der Waals surface area contributed by atoms with E-state index < -0.39 is 41.3 Å². The number of alkyl halides is 3. The molecule has 4 heterocycles. The number of aromatic nitrogens is 4. The number of carbonyl (C=O) groups is 1. The molecule has 0 saturated heterocycles. The van der Waals surface area contributed by atoms with Crippen LogP contribution in [-0.2, 0) is 11.1 Å². The summed E-state index contributed by atoms with van der Waals surface area (Å²) in [5.41, 5.74) is -4.43. The highest BCUT2D eigenvalue weighted by molar-refractivity contribution is 5.99. The molecule has 44 heavy (non-hydrogen) atoms. The first-order valence-electron chi connectivity index (χ1n) is 13.4. The van der Waals surface area contributed by atoms with Gasteiger partial charge in [-0.15, -0.1) is 0 Å². The van der Waals surface area contributed by atoms with Crippen LogP contribution in [0.3, 0.4) is 0 Å². The molecule has 5 aromatic rings. The van der Waals surface area contributed by atoms with Gasteiger partial charge in [0, 0.05) is 40.7 Å². The number of methoxy groups -OCH3 is 1. The lowest BCUT2D eigenvalue weighted by Crippen LogP contribution is -2.51. The van der Waals surface area contributed by atoms with E-state index in [1.165, 1.54) is 43.9 Å². The van der Waals surface area contributed by atoms with Crippen molar-refractivity contribution in [2.45, 2.75) is 24.2 Å². The van der Waals surface area contributed by atoms with Crippen LogP contribution in [0, 0.1) is 5.82 Å². The Bertz CT molecular complexity index is 1860. The van der Waals surface area contributed by atoms with Crippen molar-refractivity contribution < 1.29 is 36.9 Å². The molecule has 0 saturated carbocycles. The predicted octanol–water partition coefficient (Wildman–Crippen LogP) is 4.98. The molecule has 1 aliphatic rings. The molecule has 1 aliphatic heterocycles. The maximum atomic E-state index is 14.8. The van der Waals surface area contributed by atoms with E-state index in [-0.39, 0.29) is 34.9 Å². The summed E-state index contributed by atoms with van der Waals surface area (Å²) >= 11 is 0. The summed E-state index contributed by atoms with van der Waals surface area (Å²) in [5, 5.41) is 14.1. The number of hydrogen-bond acceptors (Lipinski definition) is 7. The lowest BCUT2D eigenvalue weighted by Gasteiger charge is -2.32. The minimum Gasteiger partial charge on any atom is -0.494 e. The third kappa shape index (κ3) is 4.78. The van der Waals surface area contributed by atoms with Crippen molar-refractivity contribution in [1.29, 1.82) is 0 Å². The summed E-state index contributed by atoms with van der Waals surface area (Å²) < 4.78 is 71.1. The number of imidazole rings is 1. The van der Waals surface area contributed by atoms with Gasteiger partial charge in [-0.2, -0.15) is 13.2 Å². The molecule has 226 valence electrons. The fraction of sp³-hybridized carbons (Fsp3) is 0.226. The zero-order chi connectivity index (χ0) is 31.3. The third-order valence-electron chi connectivity index (χ3n) is 7.79. The molecule has 0 aliphatic carbocycles. The van der Waals surface area contributed by atoms with Gasteiger partial charge in [0.1, 0.15) is 34.9 Å². The van der Waals surface area contributed by atoms with Crippen LogP contribution in [-0.4, -0.2) is 57.0 Å². The molecule has 0 fully saturated rings. The van der Waals surface area contributed by atoms with E-state index in [0.29, 0.717) is 16.5 Å². The molecule has 6 rings (SSSR count). The number of rotatable bonds is 7. The maximum absolute atomic E-state index is 14.8. The molecule has 2 N–H and O–H groups in total. The normalized spacial score (nSPS) is 17.5. The molecule has 3 aromatic heterocycles. The Hall–Kier alpha value is -5.04. The first-order chi connectivity index (χ1) is 20.9. The first-order valence-corrected chi connectivity index (χ1v) is 13.4. The summed E-state index contributed by atoms with van der Waals surface area (Å²) in [4.78, 5) is 25.7. The van der Waals surface area contributed by atoms with Crippen molar-refractivity contribution in [3.63, 3.8) is 0 Å². The zero-order valence-electron chi connectivity index (χ0n) is 23.4. The van der Waals surface area contributed by atoms with Gasteiger partial charge in [-0.1, -0.05) is 6.07 Å². The van der Waals surface area contributed by atoms with E-state index in [1.807, 2.05) is 0 Å². The van der Waals surface area contributed by atoms with E-state index in [4.69, 9.17) is 9.47 Å². The van der Waals surface area contributed by atoms with Crippen molar-refractivity contribution >= 4 is 16.8 Å². The van der Waals surface area contributed by atoms with Gasteiger partial charge in [0.25, 0.3) is 5.91 Å². The number of hydrogen-bond donors (Lipinski definition) is 2. The fourth-order valence-electron chi connectivity index (χ4n) is 5.24. The van der Waals surface area contributed by atoms with Crippen molar-refractivity contribution in [2.75, 3.05) is 20.3 Å². The standard InChI is InChI=1S/C31H25F4N5O4/c1-29(40-11-10-36-17-40)16-44-27-22(29)14-24(39-26(27)18-5-7-21(32)8-6-18)30(42,31(33,34)35)15-38-28(41)20-12-19-4-3-9-37-25(19)23(13-20)43-2/h3-14,17,42H,15-16H2,1-2H3,(H,38,41)/t29-,30?/m0/s1. The van der Waals surface area contributed by atoms with Gasteiger partial charge in [0.05, 0.1) is 25.7 Å². The Morgan fingerprint density at radius 2 is 1.93 bits per heavy atom. The number of pyridine rings is 2. The number of fused-ring (bicyclic) bond motifs is 2. The maximum Gasteiger partial charge on any atom is 0.424 e. The first kappa shape index (κ1) is 29.1. The molecular weight excluding hydrogens is 582 g/mol. The second kappa shape index (κ2) is 10.6. The van der Waals surface area contributed by atoms with Gasteiger partial charge in [-0.05, 0) is 55.5 Å². The van der Waals surface area contributed by atoms with Crippen LogP contribution < -0.4 is 14.8 Å². The average Bonchev–Trinajstić information content (AvgIpc) is 3.68. The lowest BCUT2D eigenvalue weighted by molar-refractivity contribution is -0.265. The highest BCUT2D eigenvalue weighted by atomic mass is 19.4. The quantitative estimate of drug-likeness (QED) is 0.251. The van der Waals surface area contributed by atoms with Crippen molar-refractivity contribution in [3.05, 3.63) is 102 Å². The second-order valence-electron chi connectivity index (χ2n) is 10.6. The Morgan fingerprint density at radius 3 is 2.61 bits per heavy atom. The minimum atomic E-state index is -5.28. The van der Waals surface area contributed by atoms with Gasteiger partial charge in [-0.3, -0.25) is 9.78 Å². The number of benzene rings is 2. The molecule has 0 spiro atoms. The fourth-order valence-corrected chi connectivity index (χ4v) is 5.24. The van der Waals surface area contributed by atoms with Crippen LogP contribution in [0.15, 0.2) is 79.5 Å². The van der Waals surface area contributed by atoms with Gasteiger partial charge in [0.2, 0.25) is 5.60 Å². The second-order valence-corrected chi connectivity index (χ2v) is 10.6. The van der Waals surface area contributed by atoms with Gasteiger partial charge < -0.3 is 24.5 Å². The SMILES string of the molecule is COc1cc(C(=O)NCC(O)(c2cc3c(c(-c4ccc(F)cc4)n2)OC[C@]3(C)n2ccnc2)C(F)(F)F)cc2cccnc12. The predicted molar refractivity (Wildman–Crippen MR) is 151 cm³/mol. The summed E-state index contributed by atoms with van der Waals surface area (Å²) in [7, 11) is 1.38. The van der Waals surface area contributed by atoms with E-state index in [0.717, 1.165) is 18.2 Å². The van der Waals surface area contributed by atoms with E-state index in [2.05, 4.69) is 20.3 Å². The molecule has 0 radical (unpaired) electrons. The number of halogens is 4. The topological polar surface area (TPSA) is 111 Å². The average molecular weight is 608 g/mol. The van der Waals surface area contributed by atoms with Crippen LogP contribution in [0.25, 0.3) is 22.2 Å². The minimum absolute atomic E-state index is 0.00173. The monoisotopic (exact) mass is 607 g/mol. The van der Waals surface area contributed by atoms with Gasteiger partial charge >= 0.3 is 6.18 Å². The number of ether oxygens (including phenoxy) is 2. The van der Waals surface area contributed by atoms with Gasteiger partial charge in [-0.25, -0.2) is 14.4 Å². The lowest BCUT2D eigenvalue weighted by atomic mass is 9.88. The van der Waals surface area contributed by atoms with Crippen LogP contribution in [0.2, 0.25) is 0 Å². The van der Waals surface area contributed by atoms with Crippen molar-refractivity contribution in [3.8, 4) is 22.8 Å². The summed E-state index contributed by atoms with van der Waals surface area (Å²) in [5.74, 6) is -1.01. The molecule has 1 amide bonds. The molecule has 1 unspecified atom stereocenters. The third-order valence-corrected chi connectivity index (χ3v) is 7.79. The zero-order valence-corrected chi connectivity index (χ0v) is 23.4. The molecule has 2 aromatic carbocycles. The molecule has 2 atom stereocenters. The summed E-state index contributed by atoms with van der Waals surface area (Å²) in [6.45, 7) is 0.507. The largest absolute Gasteiger partial charge is 0.494 e. The van der Waals surface area contributed by atoms with Gasteiger partial charge in [0.15, 0.2) is 5.75 Å². The molecular formula is C31H25F4N5O4. The van der Waals surface area contributed by atoms with Crippen LogP contribution in [0.4, 0.5) is 17.6 Å². The summed E-state index contributed by atoms with van der Waals surface area (Å²) in [6.07, 6.45) is 0.920. The number of nitrogens with zero attached hydrogens (tertiary/aromatic N) is 4. The Balaban J connectivity index is 1.44. The van der Waals surface area contributed by atoms with Crippen molar-refractivity contribution in [2.24, 2.45) is 0 Å². The Labute approximate surface area is 248 Å². The van der Waals surface area contributed by atoms with Crippen LogP contribution in [0.1, 0.15) is 28.5 Å². The van der Waals surface area contributed by atoms with Crippen LogP contribution >= 0.6 is 0 Å². The number of amides is 1. The van der Waals surface area contributed by atoms with E-state index >= 15 is 0 Å². The van der Waals surface area contributed by atoms with E-state index in [1.54, 1.807) is 36.0 Å².